The van der Waals surface area contributed by atoms with E-state index in [9.17, 15) is 9.59 Å². The molecule has 0 radical (unpaired) electrons. The first-order valence-corrected chi connectivity index (χ1v) is 4.24. The second kappa shape index (κ2) is 3.74. The number of aliphatic hydroxyl groups is 1. The highest BCUT2D eigenvalue weighted by Crippen LogP contribution is 2.34. The third-order valence-corrected chi connectivity index (χ3v) is 2.06. The Morgan fingerprint density at radius 1 is 1.46 bits per heavy atom. The van der Waals surface area contributed by atoms with Gasteiger partial charge in [0.2, 0.25) is 11.8 Å². The average molecular weight is 186 g/mol. The molecular formula is C8H14N2O3. The summed E-state index contributed by atoms with van der Waals surface area (Å²) < 4.78 is 0. The molecule has 74 valence electrons. The number of amides is 2. The van der Waals surface area contributed by atoms with Gasteiger partial charge in [-0.05, 0) is 12.8 Å². The lowest BCUT2D eigenvalue weighted by Gasteiger charge is -2.13. The van der Waals surface area contributed by atoms with Crippen LogP contribution in [0.1, 0.15) is 19.8 Å². The zero-order valence-electron chi connectivity index (χ0n) is 7.59. The van der Waals surface area contributed by atoms with E-state index in [0.717, 1.165) is 12.8 Å². The van der Waals surface area contributed by atoms with E-state index in [0.29, 0.717) is 0 Å². The molecule has 1 aliphatic carbocycles. The number of aliphatic hydroxyl groups excluding tert-OH is 1. The Labute approximate surface area is 76.5 Å². The van der Waals surface area contributed by atoms with Gasteiger partial charge in [0.1, 0.15) is 0 Å². The summed E-state index contributed by atoms with van der Waals surface area (Å²) in [5.41, 5.74) is -0.393. The number of hydrogen-bond donors (Lipinski definition) is 3. The van der Waals surface area contributed by atoms with E-state index in [1.807, 2.05) is 0 Å². The van der Waals surface area contributed by atoms with Crippen molar-refractivity contribution in [1.29, 1.82) is 0 Å². The smallest absolute Gasteiger partial charge is 0.239 e. The van der Waals surface area contributed by atoms with Gasteiger partial charge in [-0.3, -0.25) is 9.59 Å². The number of carbonyl (C=O) groups is 2. The van der Waals surface area contributed by atoms with Crippen LogP contribution in [-0.4, -0.2) is 35.6 Å². The van der Waals surface area contributed by atoms with Crippen molar-refractivity contribution in [3.63, 3.8) is 0 Å². The van der Waals surface area contributed by atoms with Crippen molar-refractivity contribution in [2.24, 2.45) is 0 Å². The minimum absolute atomic E-state index is 0.0168. The van der Waals surface area contributed by atoms with Gasteiger partial charge in [-0.15, -0.1) is 0 Å². The molecule has 1 fully saturated rings. The van der Waals surface area contributed by atoms with Gasteiger partial charge in [0.25, 0.3) is 0 Å². The normalized spacial score (nSPS) is 17.7. The van der Waals surface area contributed by atoms with Crippen LogP contribution in [0.2, 0.25) is 0 Å². The molecule has 0 bridgehead atoms. The molecule has 5 nitrogen and oxygen atoms in total. The fraction of sp³-hybridized carbons (Fsp3) is 0.750. The maximum atomic E-state index is 11.1. The first-order valence-electron chi connectivity index (χ1n) is 4.24. The standard InChI is InChI=1S/C8H14N2O3/c1-6(12)9-4-7(13)10-8(5-11)2-3-8/h11H,2-5H2,1H3,(H,9,12)(H,10,13). The lowest BCUT2D eigenvalue weighted by molar-refractivity contribution is -0.125. The second-order valence-electron chi connectivity index (χ2n) is 3.40. The van der Waals surface area contributed by atoms with Gasteiger partial charge in [-0.2, -0.15) is 0 Å². The van der Waals surface area contributed by atoms with Gasteiger partial charge >= 0.3 is 0 Å². The van der Waals surface area contributed by atoms with Crippen LogP contribution >= 0.6 is 0 Å². The van der Waals surface area contributed by atoms with Crippen molar-refractivity contribution in [2.75, 3.05) is 13.2 Å². The molecule has 5 heteroatoms. The van der Waals surface area contributed by atoms with Crippen LogP contribution in [-0.2, 0) is 9.59 Å². The summed E-state index contributed by atoms with van der Waals surface area (Å²) >= 11 is 0. The highest BCUT2D eigenvalue weighted by atomic mass is 16.3. The first kappa shape index (κ1) is 9.98. The molecule has 13 heavy (non-hydrogen) atoms. The summed E-state index contributed by atoms with van der Waals surface area (Å²) in [6.45, 7) is 1.31. The van der Waals surface area contributed by atoms with Crippen molar-refractivity contribution in [1.82, 2.24) is 10.6 Å². The lowest BCUT2D eigenvalue weighted by atomic mass is 10.3. The zero-order chi connectivity index (χ0) is 9.90. The van der Waals surface area contributed by atoms with Crippen molar-refractivity contribution in [2.45, 2.75) is 25.3 Å². The molecule has 0 spiro atoms. The average Bonchev–Trinajstić information content (AvgIpc) is 2.82. The summed E-state index contributed by atoms with van der Waals surface area (Å²) in [6.07, 6.45) is 1.63. The highest BCUT2D eigenvalue weighted by Gasteiger charge is 2.43. The predicted octanol–water partition coefficient (Wildman–Crippen LogP) is -1.24. The Hall–Kier alpha value is -1.10. The van der Waals surface area contributed by atoms with Crippen LogP contribution in [0.25, 0.3) is 0 Å². The molecule has 2 amide bonds. The van der Waals surface area contributed by atoms with Crippen LogP contribution in [0.5, 0.6) is 0 Å². The van der Waals surface area contributed by atoms with Crippen LogP contribution in [0, 0.1) is 0 Å². The van der Waals surface area contributed by atoms with Crippen LogP contribution in [0.3, 0.4) is 0 Å². The topological polar surface area (TPSA) is 78.4 Å². The third-order valence-electron chi connectivity index (χ3n) is 2.06. The Morgan fingerprint density at radius 3 is 2.46 bits per heavy atom. The van der Waals surface area contributed by atoms with E-state index in [1.54, 1.807) is 0 Å². The molecule has 0 unspecified atom stereocenters. The number of rotatable bonds is 4. The number of nitrogens with one attached hydrogen (secondary N) is 2. The van der Waals surface area contributed by atoms with Gasteiger partial charge in [-0.1, -0.05) is 0 Å². The molecule has 1 rings (SSSR count). The van der Waals surface area contributed by atoms with Crippen molar-refractivity contribution in [3.05, 3.63) is 0 Å². The van der Waals surface area contributed by atoms with Gasteiger partial charge < -0.3 is 15.7 Å². The van der Waals surface area contributed by atoms with Gasteiger partial charge in [0, 0.05) is 6.92 Å². The van der Waals surface area contributed by atoms with E-state index in [4.69, 9.17) is 5.11 Å². The highest BCUT2D eigenvalue weighted by molar-refractivity contribution is 5.84. The first-order chi connectivity index (χ1) is 6.08. The quantitative estimate of drug-likeness (QED) is 0.514. The molecule has 0 aromatic carbocycles. The molecule has 0 saturated heterocycles. The summed E-state index contributed by atoms with van der Waals surface area (Å²) in [6, 6.07) is 0. The minimum Gasteiger partial charge on any atom is -0.394 e. The van der Waals surface area contributed by atoms with E-state index >= 15 is 0 Å². The van der Waals surface area contributed by atoms with Gasteiger partial charge in [0.05, 0.1) is 18.7 Å². The number of hydrogen-bond acceptors (Lipinski definition) is 3. The summed E-state index contributed by atoms with van der Waals surface area (Å²) in [5.74, 6) is -0.481. The molecule has 0 aliphatic heterocycles. The second-order valence-corrected chi connectivity index (χ2v) is 3.40. The Morgan fingerprint density at radius 2 is 2.08 bits per heavy atom. The molecule has 3 N–H and O–H groups in total. The summed E-state index contributed by atoms with van der Waals surface area (Å²) in [7, 11) is 0. The lowest BCUT2D eigenvalue weighted by Crippen LogP contribution is -2.44. The van der Waals surface area contributed by atoms with E-state index < -0.39 is 5.54 Å². The Bertz CT molecular complexity index is 223. The minimum atomic E-state index is -0.393. The molecule has 0 heterocycles. The summed E-state index contributed by atoms with van der Waals surface area (Å²) in [4.78, 5) is 21.6. The summed E-state index contributed by atoms with van der Waals surface area (Å²) in [5, 5.41) is 13.9. The largest absolute Gasteiger partial charge is 0.394 e. The van der Waals surface area contributed by atoms with E-state index in [1.165, 1.54) is 6.92 Å². The zero-order valence-corrected chi connectivity index (χ0v) is 7.59. The Kier molecular flexibility index (Phi) is 2.87. The van der Waals surface area contributed by atoms with Gasteiger partial charge in [0.15, 0.2) is 0 Å². The molecule has 0 aromatic rings. The number of carbonyl (C=O) groups excluding carboxylic acids is 2. The SMILES string of the molecule is CC(=O)NCC(=O)NC1(CO)CC1. The van der Waals surface area contributed by atoms with Crippen molar-refractivity contribution in [3.8, 4) is 0 Å². The van der Waals surface area contributed by atoms with Crippen LogP contribution < -0.4 is 10.6 Å². The van der Waals surface area contributed by atoms with Crippen LogP contribution in [0.15, 0.2) is 0 Å². The third kappa shape index (κ3) is 3.02. The molecule has 0 atom stereocenters. The molecule has 1 aliphatic rings. The monoisotopic (exact) mass is 186 g/mol. The van der Waals surface area contributed by atoms with Crippen LogP contribution in [0.4, 0.5) is 0 Å². The molecule has 1 saturated carbocycles. The Balaban J connectivity index is 2.21. The maximum absolute atomic E-state index is 11.1. The van der Waals surface area contributed by atoms with Crippen molar-refractivity contribution < 1.29 is 14.7 Å². The molecular weight excluding hydrogens is 172 g/mol. The fourth-order valence-corrected chi connectivity index (χ4v) is 1.02. The molecule has 0 aromatic heterocycles. The van der Waals surface area contributed by atoms with Crippen molar-refractivity contribution >= 4 is 11.8 Å². The van der Waals surface area contributed by atoms with E-state index in [-0.39, 0.29) is 25.0 Å². The fourth-order valence-electron chi connectivity index (χ4n) is 1.02. The van der Waals surface area contributed by atoms with Gasteiger partial charge in [-0.25, -0.2) is 0 Å². The predicted molar refractivity (Wildman–Crippen MR) is 45.9 cm³/mol. The maximum Gasteiger partial charge on any atom is 0.239 e. The van der Waals surface area contributed by atoms with E-state index in [2.05, 4.69) is 10.6 Å².